The first-order chi connectivity index (χ1) is 10.1. The molecule has 4 heteroatoms. The minimum absolute atomic E-state index is 0.144. The normalized spacial score (nSPS) is 11.0. The van der Waals surface area contributed by atoms with Crippen LogP contribution in [0.4, 0.5) is 0 Å². The first-order valence-electron chi connectivity index (χ1n) is 6.42. The number of Topliss-reactive ketones (excluding diaryl/α,β-unsaturated/α-hetero) is 1. The Balaban J connectivity index is 2.38. The molecule has 0 unspecified atom stereocenters. The van der Waals surface area contributed by atoms with Gasteiger partial charge in [-0.25, -0.2) is 0 Å². The summed E-state index contributed by atoms with van der Waals surface area (Å²) < 4.78 is 5.20. The van der Waals surface area contributed by atoms with Crippen LogP contribution in [0.1, 0.15) is 26.4 Å². The summed E-state index contributed by atoms with van der Waals surface area (Å²) in [6, 6.07) is 9.44. The molecule has 21 heavy (non-hydrogen) atoms. The molecule has 106 valence electrons. The molecule has 1 aromatic heterocycles. The SMILES string of the molecule is COc1ccc(/C=C(/C#N)C(=O)c2sccc2C)cc1C. The monoisotopic (exact) mass is 297 g/mol. The van der Waals surface area contributed by atoms with Gasteiger partial charge < -0.3 is 4.74 Å². The summed E-state index contributed by atoms with van der Waals surface area (Å²) in [5.41, 5.74) is 2.82. The van der Waals surface area contributed by atoms with E-state index in [0.29, 0.717) is 4.88 Å². The van der Waals surface area contributed by atoms with Crippen LogP contribution in [-0.4, -0.2) is 12.9 Å². The van der Waals surface area contributed by atoms with E-state index in [1.54, 1.807) is 13.2 Å². The van der Waals surface area contributed by atoms with Crippen LogP contribution >= 0.6 is 11.3 Å². The Morgan fingerprint density at radius 3 is 2.57 bits per heavy atom. The molecule has 0 aliphatic rings. The molecular formula is C17H15NO2S. The lowest BCUT2D eigenvalue weighted by molar-refractivity contribution is 0.104. The Bertz CT molecular complexity index is 750. The molecule has 0 aliphatic heterocycles. The van der Waals surface area contributed by atoms with Gasteiger partial charge in [-0.3, -0.25) is 4.79 Å². The summed E-state index contributed by atoms with van der Waals surface area (Å²) in [7, 11) is 1.61. The molecule has 0 N–H and O–H groups in total. The standard InChI is InChI=1S/C17H15NO2S/c1-11-6-7-21-17(11)16(19)14(10-18)9-13-4-5-15(20-3)12(2)8-13/h4-9H,1-3H3/b14-9-. The van der Waals surface area contributed by atoms with Crippen LogP contribution in [0, 0.1) is 25.2 Å². The number of ketones is 1. The number of thiophene rings is 1. The van der Waals surface area contributed by atoms with Crippen LogP contribution in [0.3, 0.4) is 0 Å². The molecular weight excluding hydrogens is 282 g/mol. The predicted octanol–water partition coefficient (Wildman–Crippen LogP) is 4.16. The van der Waals surface area contributed by atoms with Gasteiger partial charge in [-0.2, -0.15) is 5.26 Å². The van der Waals surface area contributed by atoms with Crippen molar-refractivity contribution in [3.05, 3.63) is 56.8 Å². The average molecular weight is 297 g/mol. The fourth-order valence-electron chi connectivity index (χ4n) is 2.03. The van der Waals surface area contributed by atoms with Gasteiger partial charge in [0.15, 0.2) is 0 Å². The molecule has 1 aromatic carbocycles. The zero-order chi connectivity index (χ0) is 15.4. The summed E-state index contributed by atoms with van der Waals surface area (Å²) in [5, 5.41) is 11.1. The molecule has 0 radical (unpaired) electrons. The van der Waals surface area contributed by atoms with Crippen LogP contribution in [0.25, 0.3) is 6.08 Å². The second-order valence-corrected chi connectivity index (χ2v) is 5.58. The molecule has 3 nitrogen and oxygen atoms in total. The molecule has 2 aromatic rings. The first kappa shape index (κ1) is 15.0. The van der Waals surface area contributed by atoms with Gasteiger partial charge in [0, 0.05) is 0 Å². The third-order valence-electron chi connectivity index (χ3n) is 3.16. The number of benzene rings is 1. The molecule has 0 aliphatic carbocycles. The van der Waals surface area contributed by atoms with Gasteiger partial charge in [-0.05, 0) is 60.2 Å². The number of ether oxygens (including phenoxy) is 1. The first-order valence-corrected chi connectivity index (χ1v) is 7.30. The van der Waals surface area contributed by atoms with E-state index < -0.39 is 0 Å². The van der Waals surface area contributed by atoms with Gasteiger partial charge in [0.1, 0.15) is 17.4 Å². The van der Waals surface area contributed by atoms with Crippen molar-refractivity contribution in [2.24, 2.45) is 0 Å². The summed E-state index contributed by atoms with van der Waals surface area (Å²) in [6.07, 6.45) is 1.62. The summed E-state index contributed by atoms with van der Waals surface area (Å²) in [4.78, 5) is 13.0. The highest BCUT2D eigenvalue weighted by molar-refractivity contribution is 7.12. The van der Waals surface area contributed by atoms with E-state index in [1.807, 2.05) is 49.6 Å². The summed E-state index contributed by atoms with van der Waals surface area (Å²) in [6.45, 7) is 3.80. The second-order valence-electron chi connectivity index (χ2n) is 4.66. The Kier molecular flexibility index (Phi) is 4.56. The minimum atomic E-state index is -0.224. The Hall–Kier alpha value is -2.38. The number of aryl methyl sites for hydroxylation is 2. The van der Waals surface area contributed by atoms with Crippen molar-refractivity contribution in [2.45, 2.75) is 13.8 Å². The molecule has 0 spiro atoms. The zero-order valence-electron chi connectivity index (χ0n) is 12.1. The van der Waals surface area contributed by atoms with Gasteiger partial charge in [-0.15, -0.1) is 11.3 Å². The van der Waals surface area contributed by atoms with Crippen LogP contribution in [0.15, 0.2) is 35.2 Å². The third-order valence-corrected chi connectivity index (χ3v) is 4.18. The Labute approximate surface area is 128 Å². The van der Waals surface area contributed by atoms with Crippen molar-refractivity contribution in [3.8, 4) is 11.8 Å². The van der Waals surface area contributed by atoms with Gasteiger partial charge >= 0.3 is 0 Å². The molecule has 0 saturated carbocycles. The van der Waals surface area contributed by atoms with E-state index in [4.69, 9.17) is 4.74 Å². The number of carbonyl (C=O) groups excluding carboxylic acids is 1. The molecule has 0 fully saturated rings. The number of carbonyl (C=O) groups is 1. The highest BCUT2D eigenvalue weighted by Crippen LogP contribution is 2.23. The minimum Gasteiger partial charge on any atom is -0.496 e. The van der Waals surface area contributed by atoms with Crippen LogP contribution in [-0.2, 0) is 0 Å². The summed E-state index contributed by atoms with van der Waals surface area (Å²) in [5.74, 6) is 0.560. The Morgan fingerprint density at radius 2 is 2.05 bits per heavy atom. The molecule has 0 atom stereocenters. The Morgan fingerprint density at radius 1 is 1.29 bits per heavy atom. The van der Waals surface area contributed by atoms with Crippen molar-refractivity contribution < 1.29 is 9.53 Å². The van der Waals surface area contributed by atoms with Crippen molar-refractivity contribution >= 4 is 23.2 Å². The maximum absolute atomic E-state index is 12.4. The molecule has 2 rings (SSSR count). The van der Waals surface area contributed by atoms with E-state index in [9.17, 15) is 10.1 Å². The number of nitriles is 1. The van der Waals surface area contributed by atoms with Crippen molar-refractivity contribution in [1.82, 2.24) is 0 Å². The maximum Gasteiger partial charge on any atom is 0.213 e. The molecule has 1 heterocycles. The van der Waals surface area contributed by atoms with Crippen molar-refractivity contribution in [1.29, 1.82) is 5.26 Å². The fraction of sp³-hybridized carbons (Fsp3) is 0.176. The molecule has 0 saturated heterocycles. The van der Waals surface area contributed by atoms with E-state index >= 15 is 0 Å². The lowest BCUT2D eigenvalue weighted by Gasteiger charge is -2.05. The maximum atomic E-state index is 12.4. The highest BCUT2D eigenvalue weighted by atomic mass is 32.1. The van der Waals surface area contributed by atoms with E-state index in [0.717, 1.165) is 22.4 Å². The van der Waals surface area contributed by atoms with Gasteiger partial charge in [-0.1, -0.05) is 6.07 Å². The number of nitrogens with zero attached hydrogens (tertiary/aromatic N) is 1. The number of hydrogen-bond acceptors (Lipinski definition) is 4. The quantitative estimate of drug-likeness (QED) is 0.483. The number of allylic oxidation sites excluding steroid dienone is 1. The van der Waals surface area contributed by atoms with Crippen LogP contribution in [0.5, 0.6) is 5.75 Å². The average Bonchev–Trinajstić information content (AvgIpc) is 2.90. The van der Waals surface area contributed by atoms with Gasteiger partial charge in [0.25, 0.3) is 0 Å². The number of rotatable bonds is 4. The van der Waals surface area contributed by atoms with Gasteiger partial charge in [0.2, 0.25) is 5.78 Å². The smallest absolute Gasteiger partial charge is 0.213 e. The van der Waals surface area contributed by atoms with Gasteiger partial charge in [0.05, 0.1) is 12.0 Å². The third kappa shape index (κ3) is 3.21. The highest BCUT2D eigenvalue weighted by Gasteiger charge is 2.15. The van der Waals surface area contributed by atoms with Crippen LogP contribution in [0.2, 0.25) is 0 Å². The lowest BCUT2D eigenvalue weighted by Crippen LogP contribution is -2.01. The largest absolute Gasteiger partial charge is 0.496 e. The van der Waals surface area contributed by atoms with Crippen molar-refractivity contribution in [2.75, 3.05) is 7.11 Å². The molecule has 0 amide bonds. The predicted molar refractivity (Wildman–Crippen MR) is 84.7 cm³/mol. The van der Waals surface area contributed by atoms with Crippen LogP contribution < -0.4 is 4.74 Å². The lowest BCUT2D eigenvalue weighted by atomic mass is 10.0. The van der Waals surface area contributed by atoms with E-state index in [1.165, 1.54) is 11.3 Å². The van der Waals surface area contributed by atoms with E-state index in [2.05, 4.69) is 0 Å². The topological polar surface area (TPSA) is 50.1 Å². The zero-order valence-corrected chi connectivity index (χ0v) is 13.0. The fourth-order valence-corrected chi connectivity index (χ4v) is 2.91. The number of hydrogen-bond donors (Lipinski definition) is 0. The number of methoxy groups -OCH3 is 1. The molecule has 0 bridgehead atoms. The van der Waals surface area contributed by atoms with E-state index in [-0.39, 0.29) is 11.4 Å². The second kappa shape index (κ2) is 6.38. The summed E-state index contributed by atoms with van der Waals surface area (Å²) >= 11 is 1.36. The van der Waals surface area contributed by atoms with Crippen molar-refractivity contribution in [3.63, 3.8) is 0 Å².